The largest absolute Gasteiger partial charge is 0.497 e. The summed E-state index contributed by atoms with van der Waals surface area (Å²) >= 11 is 1.51. The SMILES string of the molecule is COC(=O)C1(C(=O)OC)C[C@H](c2cccs2)O[C@@H]1c1ccc(OC)cc1. The fourth-order valence-corrected chi connectivity index (χ4v) is 4.10. The van der Waals surface area contributed by atoms with Crippen LogP contribution >= 0.6 is 11.3 Å². The lowest BCUT2D eigenvalue weighted by atomic mass is 9.76. The molecule has 0 N–H and O–H groups in total. The van der Waals surface area contributed by atoms with Gasteiger partial charge in [-0.25, -0.2) is 0 Å². The fraction of sp³-hybridized carbons (Fsp3) is 0.368. The molecule has 1 aromatic heterocycles. The number of hydrogen-bond acceptors (Lipinski definition) is 7. The average molecular weight is 376 g/mol. The number of rotatable bonds is 5. The highest BCUT2D eigenvalue weighted by molar-refractivity contribution is 7.10. The Kier molecular flexibility index (Phi) is 5.29. The second-order valence-corrected chi connectivity index (χ2v) is 6.93. The third-order valence-electron chi connectivity index (χ3n) is 4.63. The molecule has 7 heteroatoms. The van der Waals surface area contributed by atoms with E-state index in [2.05, 4.69) is 0 Å². The summed E-state index contributed by atoms with van der Waals surface area (Å²) in [4.78, 5) is 26.4. The van der Waals surface area contributed by atoms with Gasteiger partial charge in [-0.2, -0.15) is 0 Å². The van der Waals surface area contributed by atoms with Crippen LogP contribution in [0.5, 0.6) is 5.75 Å². The van der Waals surface area contributed by atoms with Gasteiger partial charge in [0.1, 0.15) is 11.9 Å². The molecule has 0 aliphatic carbocycles. The van der Waals surface area contributed by atoms with Crippen molar-refractivity contribution >= 4 is 23.3 Å². The van der Waals surface area contributed by atoms with Crippen LogP contribution in [0, 0.1) is 5.41 Å². The standard InChI is InChI=1S/C19H20O6S/c1-22-13-8-6-12(7-9-13)16-19(17(20)23-2,18(21)24-3)11-14(25-16)15-5-4-10-26-15/h4-10,14,16H,11H2,1-3H3/t14-,16-/m1/s1. The molecular formula is C19H20O6S. The van der Waals surface area contributed by atoms with Gasteiger partial charge in [-0.1, -0.05) is 18.2 Å². The predicted octanol–water partition coefficient (Wildman–Crippen LogP) is 3.29. The maximum Gasteiger partial charge on any atom is 0.326 e. The molecule has 1 aromatic carbocycles. The summed E-state index contributed by atoms with van der Waals surface area (Å²) in [6.45, 7) is 0. The summed E-state index contributed by atoms with van der Waals surface area (Å²) in [6, 6.07) is 10.9. The van der Waals surface area contributed by atoms with Gasteiger partial charge in [0.15, 0.2) is 5.41 Å². The van der Waals surface area contributed by atoms with Crippen LogP contribution in [0.25, 0.3) is 0 Å². The van der Waals surface area contributed by atoms with E-state index >= 15 is 0 Å². The van der Waals surface area contributed by atoms with Gasteiger partial charge in [-0.05, 0) is 29.1 Å². The van der Waals surface area contributed by atoms with E-state index in [0.717, 1.165) is 4.88 Å². The van der Waals surface area contributed by atoms with Crippen LogP contribution in [0.1, 0.15) is 29.1 Å². The zero-order valence-electron chi connectivity index (χ0n) is 14.8. The molecule has 0 bridgehead atoms. The lowest BCUT2D eigenvalue weighted by molar-refractivity contribution is -0.173. The van der Waals surface area contributed by atoms with Crippen molar-refractivity contribution in [2.24, 2.45) is 5.41 Å². The average Bonchev–Trinajstić information content (AvgIpc) is 3.35. The van der Waals surface area contributed by atoms with Crippen molar-refractivity contribution in [1.82, 2.24) is 0 Å². The highest BCUT2D eigenvalue weighted by Crippen LogP contribution is 2.55. The number of ether oxygens (including phenoxy) is 4. The molecular weight excluding hydrogens is 356 g/mol. The van der Waals surface area contributed by atoms with Crippen LogP contribution in [-0.2, 0) is 23.8 Å². The maximum atomic E-state index is 12.7. The van der Waals surface area contributed by atoms with Crippen molar-refractivity contribution in [3.63, 3.8) is 0 Å². The number of esters is 2. The molecule has 0 radical (unpaired) electrons. The smallest absolute Gasteiger partial charge is 0.326 e. The van der Waals surface area contributed by atoms with Crippen LogP contribution < -0.4 is 4.74 Å². The van der Waals surface area contributed by atoms with Crippen LogP contribution in [-0.4, -0.2) is 33.3 Å². The first-order chi connectivity index (χ1) is 12.6. The maximum absolute atomic E-state index is 12.7. The molecule has 1 aliphatic rings. The second-order valence-electron chi connectivity index (χ2n) is 5.95. The minimum Gasteiger partial charge on any atom is -0.497 e. The number of methoxy groups -OCH3 is 3. The Bertz CT molecular complexity index is 752. The number of benzene rings is 1. The molecule has 2 atom stereocenters. The molecule has 1 aliphatic heterocycles. The van der Waals surface area contributed by atoms with E-state index in [1.165, 1.54) is 25.6 Å². The van der Waals surface area contributed by atoms with Crippen LogP contribution in [0.15, 0.2) is 41.8 Å². The highest BCUT2D eigenvalue weighted by atomic mass is 32.1. The Morgan fingerprint density at radius 2 is 1.73 bits per heavy atom. The Hall–Kier alpha value is -2.38. The zero-order chi connectivity index (χ0) is 18.7. The number of hydrogen-bond donors (Lipinski definition) is 0. The molecule has 6 nitrogen and oxygen atoms in total. The van der Waals surface area contributed by atoms with Gasteiger partial charge in [0.2, 0.25) is 0 Å². The fourth-order valence-electron chi connectivity index (χ4n) is 3.34. The first-order valence-electron chi connectivity index (χ1n) is 8.06. The van der Waals surface area contributed by atoms with E-state index in [0.29, 0.717) is 11.3 Å². The highest BCUT2D eigenvalue weighted by Gasteiger charge is 2.62. The number of carbonyl (C=O) groups excluding carboxylic acids is 2. The van der Waals surface area contributed by atoms with E-state index in [1.807, 2.05) is 17.5 Å². The summed E-state index contributed by atoms with van der Waals surface area (Å²) < 4.78 is 21.3. The first-order valence-corrected chi connectivity index (χ1v) is 8.94. The van der Waals surface area contributed by atoms with Crippen molar-refractivity contribution < 1.29 is 28.5 Å². The third-order valence-corrected chi connectivity index (χ3v) is 5.60. The van der Waals surface area contributed by atoms with Gasteiger partial charge in [0.05, 0.1) is 27.4 Å². The molecule has 0 unspecified atom stereocenters. The van der Waals surface area contributed by atoms with E-state index in [-0.39, 0.29) is 6.42 Å². The first kappa shape index (κ1) is 18.4. The monoisotopic (exact) mass is 376 g/mol. The van der Waals surface area contributed by atoms with Gasteiger partial charge in [-0.3, -0.25) is 9.59 Å². The topological polar surface area (TPSA) is 71.1 Å². The van der Waals surface area contributed by atoms with Crippen molar-refractivity contribution in [3.05, 3.63) is 52.2 Å². The summed E-state index contributed by atoms with van der Waals surface area (Å²) in [5.41, 5.74) is -0.882. The Balaban J connectivity index is 2.08. The van der Waals surface area contributed by atoms with E-state index in [4.69, 9.17) is 18.9 Å². The van der Waals surface area contributed by atoms with Gasteiger partial charge in [-0.15, -0.1) is 11.3 Å². The molecule has 1 saturated heterocycles. The summed E-state index contributed by atoms with van der Waals surface area (Å²) in [5, 5.41) is 1.93. The molecule has 138 valence electrons. The van der Waals surface area contributed by atoms with Gasteiger partial charge < -0.3 is 18.9 Å². The summed E-state index contributed by atoms with van der Waals surface area (Å²) in [6.07, 6.45) is -1.07. The lowest BCUT2D eigenvalue weighted by Gasteiger charge is -2.28. The minimum absolute atomic E-state index is 0.156. The normalized spacial score (nSPS) is 21.2. The second kappa shape index (κ2) is 7.47. The van der Waals surface area contributed by atoms with Crippen LogP contribution in [0.2, 0.25) is 0 Å². The molecule has 0 saturated carbocycles. The molecule has 2 aromatic rings. The Labute approximate surface area is 155 Å². The van der Waals surface area contributed by atoms with Crippen LogP contribution in [0.3, 0.4) is 0 Å². The van der Waals surface area contributed by atoms with E-state index in [1.54, 1.807) is 31.4 Å². The van der Waals surface area contributed by atoms with E-state index < -0.39 is 29.6 Å². The van der Waals surface area contributed by atoms with Crippen molar-refractivity contribution in [2.45, 2.75) is 18.6 Å². The molecule has 1 fully saturated rings. The van der Waals surface area contributed by atoms with E-state index in [9.17, 15) is 9.59 Å². The van der Waals surface area contributed by atoms with Crippen LogP contribution in [0.4, 0.5) is 0 Å². The quantitative estimate of drug-likeness (QED) is 0.589. The van der Waals surface area contributed by atoms with Crippen molar-refractivity contribution in [3.8, 4) is 5.75 Å². The van der Waals surface area contributed by atoms with Gasteiger partial charge >= 0.3 is 11.9 Å². The van der Waals surface area contributed by atoms with Crippen molar-refractivity contribution in [2.75, 3.05) is 21.3 Å². The number of carbonyl (C=O) groups is 2. The number of thiophene rings is 1. The molecule has 0 spiro atoms. The molecule has 26 heavy (non-hydrogen) atoms. The molecule has 3 rings (SSSR count). The Morgan fingerprint density at radius 1 is 1.08 bits per heavy atom. The summed E-state index contributed by atoms with van der Waals surface area (Å²) in [7, 11) is 4.09. The van der Waals surface area contributed by atoms with Gasteiger partial charge in [0.25, 0.3) is 0 Å². The third kappa shape index (κ3) is 2.97. The van der Waals surface area contributed by atoms with Crippen molar-refractivity contribution in [1.29, 1.82) is 0 Å². The zero-order valence-corrected chi connectivity index (χ0v) is 15.6. The lowest BCUT2D eigenvalue weighted by Crippen LogP contribution is -2.43. The van der Waals surface area contributed by atoms with Gasteiger partial charge in [0, 0.05) is 11.3 Å². The predicted molar refractivity (Wildman–Crippen MR) is 95.0 cm³/mol. The molecule has 2 heterocycles. The molecule has 0 amide bonds. The minimum atomic E-state index is -1.56. The Morgan fingerprint density at radius 3 is 2.23 bits per heavy atom. The summed E-state index contributed by atoms with van der Waals surface area (Å²) in [5.74, 6) is -0.656.